The molecule has 2 heterocycles. The number of methoxy groups -OCH3 is 2. The fourth-order valence-corrected chi connectivity index (χ4v) is 5.58. The fraction of sp³-hybridized carbons (Fsp3) is 0.360. The first-order valence-electron chi connectivity index (χ1n) is 10.9. The number of rotatable bonds is 8. The average molecular weight is 484 g/mol. The van der Waals surface area contributed by atoms with Gasteiger partial charge >= 0.3 is 0 Å². The minimum absolute atomic E-state index is 0.103. The molecule has 0 radical (unpaired) electrons. The number of thiazole rings is 1. The monoisotopic (exact) mass is 483 g/mol. The lowest BCUT2D eigenvalue weighted by Crippen LogP contribution is -2.48. The van der Waals surface area contributed by atoms with Crippen molar-refractivity contribution < 1.29 is 14.3 Å². The molecular weight excluding hydrogens is 454 g/mol. The van der Waals surface area contributed by atoms with E-state index in [1.54, 1.807) is 37.3 Å². The van der Waals surface area contributed by atoms with Crippen LogP contribution in [0.4, 0.5) is 0 Å². The highest BCUT2D eigenvalue weighted by Crippen LogP contribution is 2.29. The molecule has 0 saturated carbocycles. The van der Waals surface area contributed by atoms with Crippen LogP contribution in [0.2, 0.25) is 0 Å². The maximum atomic E-state index is 13.3. The van der Waals surface area contributed by atoms with E-state index in [1.807, 2.05) is 54.3 Å². The summed E-state index contributed by atoms with van der Waals surface area (Å²) in [5.41, 5.74) is 2.93. The first-order chi connectivity index (χ1) is 16.1. The van der Waals surface area contributed by atoms with Crippen LogP contribution in [0.5, 0.6) is 11.5 Å². The Bertz CT molecular complexity index is 1090. The molecule has 1 aliphatic heterocycles. The number of hydrogen-bond acceptors (Lipinski definition) is 7. The predicted molar refractivity (Wildman–Crippen MR) is 134 cm³/mol. The SMILES string of the molecule is COc1ccc(OC)c(CN2CCN(C(=O)c3ccccc3SCc3csc(C)n3)CC2)c1. The van der Waals surface area contributed by atoms with Crippen molar-refractivity contribution in [3.8, 4) is 11.5 Å². The van der Waals surface area contributed by atoms with Crippen LogP contribution in [0.1, 0.15) is 26.6 Å². The van der Waals surface area contributed by atoms with Crippen molar-refractivity contribution in [3.63, 3.8) is 0 Å². The molecule has 2 aromatic carbocycles. The molecule has 0 unspecified atom stereocenters. The number of aromatic nitrogens is 1. The van der Waals surface area contributed by atoms with Crippen LogP contribution in [0.15, 0.2) is 52.7 Å². The number of aryl methyl sites for hydroxylation is 1. The summed E-state index contributed by atoms with van der Waals surface area (Å²) < 4.78 is 10.9. The normalized spacial score (nSPS) is 14.3. The molecule has 1 aliphatic rings. The number of amides is 1. The van der Waals surface area contributed by atoms with E-state index in [9.17, 15) is 4.79 Å². The summed E-state index contributed by atoms with van der Waals surface area (Å²) in [5.74, 6) is 2.55. The van der Waals surface area contributed by atoms with Crippen molar-refractivity contribution in [3.05, 3.63) is 69.7 Å². The Labute approximate surface area is 203 Å². The maximum absolute atomic E-state index is 13.3. The van der Waals surface area contributed by atoms with Gasteiger partial charge in [-0.15, -0.1) is 23.1 Å². The molecule has 0 atom stereocenters. The van der Waals surface area contributed by atoms with E-state index in [1.165, 1.54) is 0 Å². The van der Waals surface area contributed by atoms with Crippen LogP contribution in [0.25, 0.3) is 0 Å². The van der Waals surface area contributed by atoms with Gasteiger partial charge in [-0.2, -0.15) is 0 Å². The summed E-state index contributed by atoms with van der Waals surface area (Å²) in [4.78, 5) is 23.2. The van der Waals surface area contributed by atoms with Crippen molar-refractivity contribution in [2.75, 3.05) is 40.4 Å². The molecule has 0 N–H and O–H groups in total. The average Bonchev–Trinajstić information content (AvgIpc) is 3.28. The zero-order chi connectivity index (χ0) is 23.2. The molecule has 4 rings (SSSR count). The van der Waals surface area contributed by atoms with Crippen LogP contribution in [-0.2, 0) is 12.3 Å². The van der Waals surface area contributed by atoms with Gasteiger partial charge in [-0.3, -0.25) is 9.69 Å². The number of carbonyl (C=O) groups excluding carboxylic acids is 1. The lowest BCUT2D eigenvalue weighted by Gasteiger charge is -2.35. The Morgan fingerprint density at radius 3 is 2.58 bits per heavy atom. The fourth-order valence-electron chi connectivity index (χ4n) is 3.92. The van der Waals surface area contributed by atoms with Crippen LogP contribution >= 0.6 is 23.1 Å². The second-order valence-electron chi connectivity index (χ2n) is 7.89. The van der Waals surface area contributed by atoms with E-state index in [4.69, 9.17) is 9.47 Å². The molecular formula is C25H29N3O3S2. The second-order valence-corrected chi connectivity index (χ2v) is 9.97. The minimum Gasteiger partial charge on any atom is -0.497 e. The first kappa shape index (κ1) is 23.6. The molecule has 0 spiro atoms. The van der Waals surface area contributed by atoms with Gasteiger partial charge in [0.15, 0.2) is 0 Å². The van der Waals surface area contributed by atoms with Crippen molar-refractivity contribution in [1.29, 1.82) is 0 Å². The topological polar surface area (TPSA) is 54.9 Å². The molecule has 3 aromatic rings. The van der Waals surface area contributed by atoms with E-state index >= 15 is 0 Å². The Balaban J connectivity index is 1.37. The summed E-state index contributed by atoms with van der Waals surface area (Å²) in [6.45, 7) is 5.83. The van der Waals surface area contributed by atoms with Gasteiger partial charge in [0.05, 0.1) is 30.5 Å². The van der Waals surface area contributed by atoms with Crippen LogP contribution < -0.4 is 9.47 Å². The van der Waals surface area contributed by atoms with Crippen molar-refractivity contribution in [2.24, 2.45) is 0 Å². The summed E-state index contributed by atoms with van der Waals surface area (Å²) in [6, 6.07) is 13.8. The molecule has 1 saturated heterocycles. The van der Waals surface area contributed by atoms with Gasteiger partial charge in [0, 0.05) is 54.3 Å². The molecule has 0 aliphatic carbocycles. The van der Waals surface area contributed by atoms with Crippen molar-refractivity contribution in [1.82, 2.24) is 14.8 Å². The van der Waals surface area contributed by atoms with Gasteiger partial charge in [-0.05, 0) is 37.3 Å². The Morgan fingerprint density at radius 2 is 1.88 bits per heavy atom. The molecule has 6 nitrogen and oxygen atoms in total. The third-order valence-corrected chi connectivity index (χ3v) is 7.63. The molecule has 0 bridgehead atoms. The van der Waals surface area contributed by atoms with Gasteiger partial charge in [0.25, 0.3) is 5.91 Å². The minimum atomic E-state index is 0.103. The molecule has 1 fully saturated rings. The summed E-state index contributed by atoms with van der Waals surface area (Å²) in [7, 11) is 3.36. The van der Waals surface area contributed by atoms with E-state index < -0.39 is 0 Å². The maximum Gasteiger partial charge on any atom is 0.255 e. The van der Waals surface area contributed by atoms with Crippen molar-refractivity contribution in [2.45, 2.75) is 24.1 Å². The number of nitrogens with zero attached hydrogens (tertiary/aromatic N) is 3. The number of piperazine rings is 1. The molecule has 8 heteroatoms. The predicted octanol–water partition coefficient (Wildman–Crippen LogP) is 4.72. The van der Waals surface area contributed by atoms with E-state index in [0.29, 0.717) is 13.1 Å². The van der Waals surface area contributed by atoms with E-state index in [-0.39, 0.29) is 5.91 Å². The quantitative estimate of drug-likeness (QED) is 0.432. The lowest BCUT2D eigenvalue weighted by molar-refractivity contribution is 0.0624. The van der Waals surface area contributed by atoms with Crippen LogP contribution in [0.3, 0.4) is 0 Å². The largest absolute Gasteiger partial charge is 0.497 e. The molecule has 1 amide bonds. The zero-order valence-corrected chi connectivity index (χ0v) is 20.9. The number of carbonyl (C=O) groups is 1. The zero-order valence-electron chi connectivity index (χ0n) is 19.2. The number of hydrogen-bond donors (Lipinski definition) is 0. The lowest BCUT2D eigenvalue weighted by atomic mass is 10.1. The van der Waals surface area contributed by atoms with E-state index in [0.717, 1.165) is 63.6 Å². The highest BCUT2D eigenvalue weighted by atomic mass is 32.2. The van der Waals surface area contributed by atoms with Gasteiger partial charge in [-0.25, -0.2) is 4.98 Å². The number of benzene rings is 2. The molecule has 1 aromatic heterocycles. The summed E-state index contributed by atoms with van der Waals surface area (Å²) in [6.07, 6.45) is 0. The smallest absolute Gasteiger partial charge is 0.255 e. The standard InChI is InChI=1S/C25H29N3O3S2/c1-18-26-20(16-32-18)17-33-24-7-5-4-6-22(24)25(29)28-12-10-27(11-13-28)15-19-14-21(30-2)8-9-23(19)31-3/h4-9,14,16H,10-13,15,17H2,1-3H3. The molecule has 33 heavy (non-hydrogen) atoms. The third-order valence-electron chi connectivity index (χ3n) is 5.70. The summed E-state index contributed by atoms with van der Waals surface area (Å²) in [5, 5.41) is 3.16. The first-order valence-corrected chi connectivity index (χ1v) is 12.8. The van der Waals surface area contributed by atoms with Crippen molar-refractivity contribution >= 4 is 29.0 Å². The molecule has 174 valence electrons. The third kappa shape index (κ3) is 5.88. The van der Waals surface area contributed by atoms with Gasteiger partial charge in [0.1, 0.15) is 11.5 Å². The van der Waals surface area contributed by atoms with Crippen LogP contribution in [-0.4, -0.2) is 61.1 Å². The van der Waals surface area contributed by atoms with E-state index in [2.05, 4.69) is 15.3 Å². The highest BCUT2D eigenvalue weighted by molar-refractivity contribution is 7.98. The van der Waals surface area contributed by atoms with Gasteiger partial charge in [-0.1, -0.05) is 12.1 Å². The Hall–Kier alpha value is -2.55. The second kappa shape index (κ2) is 11.0. The van der Waals surface area contributed by atoms with Gasteiger partial charge in [0.2, 0.25) is 0 Å². The number of thioether (sulfide) groups is 1. The summed E-state index contributed by atoms with van der Waals surface area (Å²) >= 11 is 3.33. The van der Waals surface area contributed by atoms with Gasteiger partial charge < -0.3 is 14.4 Å². The highest BCUT2D eigenvalue weighted by Gasteiger charge is 2.24. The Kier molecular flexibility index (Phi) is 7.90. The number of ether oxygens (including phenoxy) is 2. The van der Waals surface area contributed by atoms with Crippen LogP contribution in [0, 0.1) is 6.92 Å². The Morgan fingerprint density at radius 1 is 1.09 bits per heavy atom.